The lowest BCUT2D eigenvalue weighted by molar-refractivity contribution is -0.123. The van der Waals surface area contributed by atoms with Crippen molar-refractivity contribution in [3.05, 3.63) is 54.1 Å². The van der Waals surface area contributed by atoms with Crippen molar-refractivity contribution in [3.8, 4) is 11.5 Å². The van der Waals surface area contributed by atoms with Gasteiger partial charge in [0.25, 0.3) is 5.91 Å². The molecule has 2 aromatic rings. The number of hydrogen-bond acceptors (Lipinski definition) is 4. The Morgan fingerprint density at radius 1 is 0.964 bits per heavy atom. The number of piperidine rings is 1. The minimum atomic E-state index is -0.0749. The maximum Gasteiger partial charge on any atom is 0.254 e. The molecule has 1 saturated heterocycles. The zero-order valence-electron chi connectivity index (χ0n) is 16.6. The van der Waals surface area contributed by atoms with Gasteiger partial charge >= 0.3 is 0 Å². The van der Waals surface area contributed by atoms with Gasteiger partial charge in [-0.15, -0.1) is 0 Å². The molecule has 2 amide bonds. The molecule has 0 aliphatic carbocycles. The average Bonchev–Trinajstić information content (AvgIpc) is 2.77. The van der Waals surface area contributed by atoms with E-state index in [-0.39, 0.29) is 17.7 Å². The Balaban J connectivity index is 1.63. The van der Waals surface area contributed by atoms with E-state index >= 15 is 0 Å². The monoisotopic (exact) mass is 382 g/mol. The summed E-state index contributed by atoms with van der Waals surface area (Å²) in [7, 11) is 4.92. The summed E-state index contributed by atoms with van der Waals surface area (Å²) in [6, 6.07) is 14.8. The second kappa shape index (κ2) is 8.78. The molecule has 6 heteroatoms. The quantitative estimate of drug-likeness (QED) is 0.797. The molecule has 2 aromatic carbocycles. The van der Waals surface area contributed by atoms with Crippen LogP contribution >= 0.6 is 0 Å². The fourth-order valence-electron chi connectivity index (χ4n) is 3.50. The van der Waals surface area contributed by atoms with Gasteiger partial charge in [-0.05, 0) is 37.1 Å². The molecular weight excluding hydrogens is 356 g/mol. The molecule has 28 heavy (non-hydrogen) atoms. The van der Waals surface area contributed by atoms with Gasteiger partial charge in [0.05, 0.1) is 14.2 Å². The Bertz CT molecular complexity index is 807. The third kappa shape index (κ3) is 4.27. The largest absolute Gasteiger partial charge is 0.497 e. The van der Waals surface area contributed by atoms with Crippen LogP contribution in [0.1, 0.15) is 23.2 Å². The van der Waals surface area contributed by atoms with Gasteiger partial charge in [-0.25, -0.2) is 0 Å². The van der Waals surface area contributed by atoms with Crippen molar-refractivity contribution < 1.29 is 19.1 Å². The SMILES string of the molecule is COc1cc(OC)cc(C(=O)N2CCC(C(=O)N(C)c3ccccc3)CC2)c1. The number of hydrogen-bond donors (Lipinski definition) is 0. The summed E-state index contributed by atoms with van der Waals surface area (Å²) in [6.07, 6.45) is 1.31. The molecule has 0 saturated carbocycles. The van der Waals surface area contributed by atoms with Crippen molar-refractivity contribution in [1.82, 2.24) is 4.90 Å². The summed E-state index contributed by atoms with van der Waals surface area (Å²) in [5.74, 6) is 1.12. The molecule has 0 atom stereocenters. The smallest absolute Gasteiger partial charge is 0.254 e. The van der Waals surface area contributed by atoms with Crippen LogP contribution in [0.15, 0.2) is 48.5 Å². The first-order chi connectivity index (χ1) is 13.5. The number of amides is 2. The number of anilines is 1. The highest BCUT2D eigenvalue weighted by molar-refractivity contribution is 5.96. The number of carbonyl (C=O) groups excluding carboxylic acids is 2. The minimum Gasteiger partial charge on any atom is -0.497 e. The van der Waals surface area contributed by atoms with E-state index in [2.05, 4.69) is 0 Å². The third-order valence-electron chi connectivity index (χ3n) is 5.20. The van der Waals surface area contributed by atoms with E-state index in [0.717, 1.165) is 5.69 Å². The fourth-order valence-corrected chi connectivity index (χ4v) is 3.50. The molecule has 0 N–H and O–H groups in total. The summed E-state index contributed by atoms with van der Waals surface area (Å²) >= 11 is 0. The maximum atomic E-state index is 12.9. The molecule has 0 radical (unpaired) electrons. The van der Waals surface area contributed by atoms with Gasteiger partial charge in [0, 0.05) is 43.4 Å². The standard InChI is InChI=1S/C22H26N2O4/c1-23(18-7-5-4-6-8-18)21(25)16-9-11-24(12-10-16)22(26)17-13-19(27-2)15-20(14-17)28-3/h4-8,13-16H,9-12H2,1-3H3. The van der Waals surface area contributed by atoms with Gasteiger partial charge in [-0.3, -0.25) is 9.59 Å². The molecule has 0 unspecified atom stereocenters. The molecule has 0 spiro atoms. The Kier molecular flexibility index (Phi) is 6.19. The van der Waals surface area contributed by atoms with E-state index in [1.807, 2.05) is 30.3 Å². The zero-order chi connectivity index (χ0) is 20.1. The van der Waals surface area contributed by atoms with Gasteiger partial charge in [-0.1, -0.05) is 18.2 Å². The highest BCUT2D eigenvalue weighted by Crippen LogP contribution is 2.26. The zero-order valence-corrected chi connectivity index (χ0v) is 16.6. The summed E-state index contributed by atoms with van der Waals surface area (Å²) in [4.78, 5) is 29.2. The average molecular weight is 382 g/mol. The van der Waals surface area contributed by atoms with Gasteiger partial charge < -0.3 is 19.3 Å². The number of likely N-dealkylation sites (tertiary alicyclic amines) is 1. The molecular formula is C22H26N2O4. The lowest BCUT2D eigenvalue weighted by Gasteiger charge is -2.33. The second-order valence-corrected chi connectivity index (χ2v) is 6.90. The summed E-state index contributed by atoms with van der Waals surface area (Å²) in [5, 5.41) is 0. The Hall–Kier alpha value is -3.02. The normalized spacial score (nSPS) is 14.5. The summed E-state index contributed by atoms with van der Waals surface area (Å²) in [6.45, 7) is 1.11. The minimum absolute atomic E-state index is 0.0699. The van der Waals surface area contributed by atoms with Crippen molar-refractivity contribution in [3.63, 3.8) is 0 Å². The number of carbonyl (C=O) groups is 2. The number of methoxy groups -OCH3 is 2. The maximum absolute atomic E-state index is 12.9. The number of rotatable bonds is 5. The van der Waals surface area contributed by atoms with E-state index in [9.17, 15) is 9.59 Å². The van der Waals surface area contributed by atoms with Gasteiger partial charge in [-0.2, -0.15) is 0 Å². The van der Waals surface area contributed by atoms with Crippen LogP contribution in [-0.2, 0) is 4.79 Å². The van der Waals surface area contributed by atoms with Gasteiger partial charge in [0.1, 0.15) is 11.5 Å². The molecule has 0 bridgehead atoms. The summed E-state index contributed by atoms with van der Waals surface area (Å²) in [5.41, 5.74) is 1.41. The van der Waals surface area contributed by atoms with E-state index in [1.54, 1.807) is 49.3 Å². The fraction of sp³-hybridized carbons (Fsp3) is 0.364. The molecule has 3 rings (SSSR count). The van der Waals surface area contributed by atoms with Crippen LogP contribution in [0.25, 0.3) is 0 Å². The molecule has 1 aliphatic heterocycles. The summed E-state index contributed by atoms with van der Waals surface area (Å²) < 4.78 is 10.5. The van der Waals surface area contributed by atoms with Crippen molar-refractivity contribution in [2.24, 2.45) is 5.92 Å². The molecule has 1 fully saturated rings. The van der Waals surface area contributed by atoms with Crippen LogP contribution in [-0.4, -0.2) is 51.1 Å². The van der Waals surface area contributed by atoms with Crippen LogP contribution in [0.3, 0.4) is 0 Å². The van der Waals surface area contributed by atoms with Crippen LogP contribution < -0.4 is 14.4 Å². The topological polar surface area (TPSA) is 59.1 Å². The third-order valence-corrected chi connectivity index (χ3v) is 5.20. The van der Waals surface area contributed by atoms with E-state index in [1.165, 1.54) is 0 Å². The van der Waals surface area contributed by atoms with Crippen LogP contribution in [0, 0.1) is 5.92 Å². The van der Waals surface area contributed by atoms with E-state index in [0.29, 0.717) is 43.0 Å². The van der Waals surface area contributed by atoms with Crippen LogP contribution in [0.4, 0.5) is 5.69 Å². The second-order valence-electron chi connectivity index (χ2n) is 6.90. The van der Waals surface area contributed by atoms with E-state index in [4.69, 9.17) is 9.47 Å². The Morgan fingerprint density at radius 2 is 1.54 bits per heavy atom. The van der Waals surface area contributed by atoms with Gasteiger partial charge in [0.15, 0.2) is 0 Å². The highest BCUT2D eigenvalue weighted by atomic mass is 16.5. The molecule has 1 aliphatic rings. The number of benzene rings is 2. The first-order valence-electron chi connectivity index (χ1n) is 9.38. The predicted octanol–water partition coefficient (Wildman–Crippen LogP) is 3.22. The van der Waals surface area contributed by atoms with Crippen LogP contribution in [0.5, 0.6) is 11.5 Å². The lowest BCUT2D eigenvalue weighted by atomic mass is 9.94. The molecule has 148 valence electrons. The van der Waals surface area contributed by atoms with Crippen molar-refractivity contribution in [2.75, 3.05) is 39.3 Å². The van der Waals surface area contributed by atoms with Crippen molar-refractivity contribution in [1.29, 1.82) is 0 Å². The Labute approximate surface area is 165 Å². The van der Waals surface area contributed by atoms with Crippen molar-refractivity contribution in [2.45, 2.75) is 12.8 Å². The highest BCUT2D eigenvalue weighted by Gasteiger charge is 2.30. The van der Waals surface area contributed by atoms with Gasteiger partial charge in [0.2, 0.25) is 5.91 Å². The van der Waals surface area contributed by atoms with Crippen molar-refractivity contribution >= 4 is 17.5 Å². The molecule has 6 nitrogen and oxygen atoms in total. The van der Waals surface area contributed by atoms with Crippen LogP contribution in [0.2, 0.25) is 0 Å². The lowest BCUT2D eigenvalue weighted by Crippen LogP contribution is -2.43. The Morgan fingerprint density at radius 3 is 2.07 bits per heavy atom. The predicted molar refractivity (Wildman–Crippen MR) is 108 cm³/mol. The number of para-hydroxylation sites is 1. The number of ether oxygens (including phenoxy) is 2. The molecule has 0 aromatic heterocycles. The first kappa shape index (κ1) is 19.7. The van der Waals surface area contributed by atoms with E-state index < -0.39 is 0 Å². The first-order valence-corrected chi connectivity index (χ1v) is 9.38. The number of nitrogens with zero attached hydrogens (tertiary/aromatic N) is 2. The molecule has 1 heterocycles.